The Balaban J connectivity index is 1.59. The lowest BCUT2D eigenvalue weighted by Gasteiger charge is -2.27. The molecule has 3 aliphatic heterocycles. The lowest BCUT2D eigenvalue weighted by Crippen LogP contribution is -2.40. The highest BCUT2D eigenvalue weighted by Crippen LogP contribution is 2.40. The van der Waals surface area contributed by atoms with E-state index in [1.165, 1.54) is 28.2 Å². The van der Waals surface area contributed by atoms with Gasteiger partial charge in [-0.2, -0.15) is 4.31 Å². The molecule has 3 saturated heterocycles. The SMILES string of the molecule is N=C1S[C@H]2CS(=O)(=O)C[C@H]2N1c1ccc(S(=O)(=O)N2CCOCC2)cc1. The van der Waals surface area contributed by atoms with Gasteiger partial charge in [0, 0.05) is 24.0 Å². The van der Waals surface area contributed by atoms with Crippen molar-refractivity contribution in [2.24, 2.45) is 0 Å². The van der Waals surface area contributed by atoms with Crippen molar-refractivity contribution in [2.45, 2.75) is 16.2 Å². The van der Waals surface area contributed by atoms with Crippen molar-refractivity contribution in [3.05, 3.63) is 24.3 Å². The van der Waals surface area contributed by atoms with E-state index in [0.29, 0.717) is 37.2 Å². The van der Waals surface area contributed by atoms with E-state index >= 15 is 0 Å². The highest BCUT2D eigenvalue weighted by molar-refractivity contribution is 8.15. The molecular weight excluding hydrogens is 398 g/mol. The van der Waals surface area contributed by atoms with Crippen LogP contribution >= 0.6 is 11.8 Å². The Morgan fingerprint density at radius 2 is 1.77 bits per heavy atom. The van der Waals surface area contributed by atoms with Gasteiger partial charge in [0.05, 0.1) is 35.7 Å². The van der Waals surface area contributed by atoms with E-state index < -0.39 is 19.9 Å². The molecular formula is C15H19N3O5S3. The summed E-state index contributed by atoms with van der Waals surface area (Å²) in [5.41, 5.74) is 0.646. The van der Waals surface area contributed by atoms with Gasteiger partial charge in [-0.3, -0.25) is 5.41 Å². The lowest BCUT2D eigenvalue weighted by atomic mass is 10.2. The third-order valence-corrected chi connectivity index (χ3v) is 9.85. The van der Waals surface area contributed by atoms with Crippen molar-refractivity contribution < 1.29 is 21.6 Å². The Morgan fingerprint density at radius 1 is 1.12 bits per heavy atom. The van der Waals surface area contributed by atoms with Crippen molar-refractivity contribution >= 4 is 42.5 Å². The number of sulfone groups is 1. The quantitative estimate of drug-likeness (QED) is 0.756. The van der Waals surface area contributed by atoms with Crippen molar-refractivity contribution in [1.29, 1.82) is 5.41 Å². The molecule has 0 bridgehead atoms. The van der Waals surface area contributed by atoms with Crippen LogP contribution in [-0.2, 0) is 24.6 Å². The molecule has 1 aromatic rings. The molecule has 3 aliphatic rings. The van der Waals surface area contributed by atoms with Crippen LogP contribution in [0.4, 0.5) is 5.69 Å². The number of nitrogens with zero attached hydrogens (tertiary/aromatic N) is 2. The number of ether oxygens (including phenoxy) is 1. The maximum atomic E-state index is 12.7. The number of anilines is 1. The Morgan fingerprint density at radius 3 is 2.42 bits per heavy atom. The summed E-state index contributed by atoms with van der Waals surface area (Å²) in [5.74, 6) is 0.117. The molecule has 0 spiro atoms. The normalized spacial score (nSPS) is 29.1. The van der Waals surface area contributed by atoms with E-state index in [1.807, 2.05) is 0 Å². The number of amidine groups is 1. The number of hydrogen-bond donors (Lipinski definition) is 1. The van der Waals surface area contributed by atoms with Crippen molar-refractivity contribution in [1.82, 2.24) is 4.31 Å². The van der Waals surface area contributed by atoms with Crippen LogP contribution in [-0.4, -0.2) is 75.4 Å². The predicted molar refractivity (Wildman–Crippen MR) is 100 cm³/mol. The summed E-state index contributed by atoms with van der Waals surface area (Å²) in [6.07, 6.45) is 0. The topological polar surface area (TPSA) is 108 Å². The fraction of sp³-hybridized carbons (Fsp3) is 0.533. The van der Waals surface area contributed by atoms with E-state index in [2.05, 4.69) is 0 Å². The zero-order valence-electron chi connectivity index (χ0n) is 13.9. The molecule has 0 aliphatic carbocycles. The number of sulfonamides is 1. The average molecular weight is 418 g/mol. The largest absolute Gasteiger partial charge is 0.379 e. The summed E-state index contributed by atoms with van der Waals surface area (Å²) in [7, 11) is -6.66. The number of morpholine rings is 1. The molecule has 0 saturated carbocycles. The highest BCUT2D eigenvalue weighted by Gasteiger charge is 2.48. The van der Waals surface area contributed by atoms with Gasteiger partial charge in [0.2, 0.25) is 10.0 Å². The average Bonchev–Trinajstić information content (AvgIpc) is 3.05. The molecule has 1 N–H and O–H groups in total. The van der Waals surface area contributed by atoms with Gasteiger partial charge in [-0.1, -0.05) is 11.8 Å². The number of hydrogen-bond acceptors (Lipinski definition) is 7. The first-order chi connectivity index (χ1) is 12.3. The van der Waals surface area contributed by atoms with Gasteiger partial charge >= 0.3 is 0 Å². The van der Waals surface area contributed by atoms with E-state index in [4.69, 9.17) is 10.1 Å². The Kier molecular flexibility index (Phi) is 4.55. The summed E-state index contributed by atoms with van der Waals surface area (Å²) in [6.45, 7) is 1.44. The highest BCUT2D eigenvalue weighted by atomic mass is 32.2. The second kappa shape index (κ2) is 6.48. The molecule has 1 aromatic carbocycles. The fourth-order valence-electron chi connectivity index (χ4n) is 3.52. The molecule has 8 nitrogen and oxygen atoms in total. The third-order valence-electron chi connectivity index (χ3n) is 4.81. The Bertz CT molecular complexity index is 924. The van der Waals surface area contributed by atoms with Crippen LogP contribution in [0.2, 0.25) is 0 Å². The number of thioether (sulfide) groups is 1. The zero-order chi connectivity index (χ0) is 18.5. The van der Waals surface area contributed by atoms with Crippen molar-refractivity contribution in [3.63, 3.8) is 0 Å². The van der Waals surface area contributed by atoms with Gasteiger partial charge in [-0.05, 0) is 24.3 Å². The summed E-state index contributed by atoms with van der Waals surface area (Å²) in [4.78, 5) is 1.89. The van der Waals surface area contributed by atoms with Crippen molar-refractivity contribution in [2.75, 3.05) is 42.7 Å². The molecule has 3 fully saturated rings. The van der Waals surface area contributed by atoms with E-state index in [-0.39, 0.29) is 27.7 Å². The van der Waals surface area contributed by atoms with Gasteiger partial charge < -0.3 is 9.64 Å². The summed E-state index contributed by atoms with van der Waals surface area (Å²) >= 11 is 1.26. The standard InChI is InChI=1S/C15H19N3O5S3/c16-15-18(13-9-25(19,20)10-14(13)24-15)11-1-3-12(4-2-11)26(21,22)17-5-7-23-8-6-17/h1-4,13-14,16H,5-10H2/t13-,14+/m1/s1. The number of benzene rings is 1. The third kappa shape index (κ3) is 3.15. The number of nitrogens with one attached hydrogen (secondary N) is 1. The van der Waals surface area contributed by atoms with Crippen LogP contribution in [0.1, 0.15) is 0 Å². The van der Waals surface area contributed by atoms with E-state index in [1.54, 1.807) is 17.0 Å². The van der Waals surface area contributed by atoms with Crippen LogP contribution in [0.3, 0.4) is 0 Å². The summed E-state index contributed by atoms with van der Waals surface area (Å²) < 4.78 is 55.7. The molecule has 0 unspecified atom stereocenters. The molecule has 0 aromatic heterocycles. The van der Waals surface area contributed by atoms with Crippen LogP contribution in [0, 0.1) is 5.41 Å². The Hall–Kier alpha value is -1.14. The number of rotatable bonds is 3. The minimum atomic E-state index is -3.57. The van der Waals surface area contributed by atoms with Gasteiger partial charge in [-0.15, -0.1) is 0 Å². The molecule has 3 heterocycles. The molecule has 26 heavy (non-hydrogen) atoms. The van der Waals surface area contributed by atoms with Crippen LogP contribution < -0.4 is 4.90 Å². The van der Waals surface area contributed by atoms with Gasteiger partial charge in [-0.25, -0.2) is 16.8 Å². The molecule has 142 valence electrons. The van der Waals surface area contributed by atoms with Gasteiger partial charge in [0.15, 0.2) is 15.0 Å². The minimum absolute atomic E-state index is 0.0286. The second-order valence-electron chi connectivity index (χ2n) is 6.49. The molecule has 4 rings (SSSR count). The summed E-state index contributed by atoms with van der Waals surface area (Å²) in [5, 5.41) is 8.33. The van der Waals surface area contributed by atoms with Crippen LogP contribution in [0.5, 0.6) is 0 Å². The maximum absolute atomic E-state index is 12.7. The maximum Gasteiger partial charge on any atom is 0.243 e. The van der Waals surface area contributed by atoms with E-state index in [9.17, 15) is 16.8 Å². The molecule has 11 heteroatoms. The molecule has 0 amide bonds. The zero-order valence-corrected chi connectivity index (χ0v) is 16.3. The second-order valence-corrected chi connectivity index (χ2v) is 11.8. The lowest BCUT2D eigenvalue weighted by molar-refractivity contribution is 0.0730. The first-order valence-electron chi connectivity index (χ1n) is 8.21. The number of fused-ring (bicyclic) bond motifs is 1. The first-order valence-corrected chi connectivity index (χ1v) is 12.3. The molecule has 2 atom stereocenters. The molecule has 0 radical (unpaired) electrons. The van der Waals surface area contributed by atoms with Crippen LogP contribution in [0.25, 0.3) is 0 Å². The monoisotopic (exact) mass is 417 g/mol. The van der Waals surface area contributed by atoms with E-state index in [0.717, 1.165) is 0 Å². The Labute approximate surface area is 157 Å². The van der Waals surface area contributed by atoms with Gasteiger partial charge in [0.1, 0.15) is 0 Å². The van der Waals surface area contributed by atoms with Crippen molar-refractivity contribution in [3.8, 4) is 0 Å². The predicted octanol–water partition coefficient (Wildman–Crippen LogP) is 0.361. The fourth-order valence-corrected chi connectivity index (χ4v) is 8.73. The summed E-state index contributed by atoms with van der Waals surface area (Å²) in [6, 6.07) is 6.08. The van der Waals surface area contributed by atoms with Crippen LogP contribution in [0.15, 0.2) is 29.2 Å². The minimum Gasteiger partial charge on any atom is -0.379 e. The smallest absolute Gasteiger partial charge is 0.243 e. The first kappa shape index (κ1) is 18.2. The van der Waals surface area contributed by atoms with Gasteiger partial charge in [0.25, 0.3) is 0 Å².